The van der Waals surface area contributed by atoms with Gasteiger partial charge >= 0.3 is 6.18 Å². The van der Waals surface area contributed by atoms with Gasteiger partial charge in [0.2, 0.25) is 0 Å². The molecule has 0 amide bonds. The predicted molar refractivity (Wildman–Crippen MR) is 52.6 cm³/mol. The van der Waals surface area contributed by atoms with Crippen LogP contribution in [0.2, 0.25) is 0 Å². The predicted octanol–water partition coefficient (Wildman–Crippen LogP) is 3.17. The number of anilines is 1. The fourth-order valence-corrected chi connectivity index (χ4v) is 0.988. The van der Waals surface area contributed by atoms with E-state index < -0.39 is 11.9 Å². The minimum atomic E-state index is -4.36. The molecule has 0 aromatic carbocycles. The molecule has 0 radical (unpaired) electrons. The summed E-state index contributed by atoms with van der Waals surface area (Å²) in [6.07, 6.45) is -3.16. The van der Waals surface area contributed by atoms with Crippen LogP contribution in [0, 0.1) is 5.92 Å². The summed E-state index contributed by atoms with van der Waals surface area (Å²) in [4.78, 5) is 3.34. The zero-order valence-corrected chi connectivity index (χ0v) is 8.60. The Bertz CT molecular complexity index is 303. The zero-order valence-electron chi connectivity index (χ0n) is 8.60. The summed E-state index contributed by atoms with van der Waals surface area (Å²) in [5.74, 6) is 0.437. The molecule has 2 nitrogen and oxygen atoms in total. The molecule has 1 aromatic heterocycles. The Labute approximate surface area is 86.5 Å². The van der Waals surface area contributed by atoms with Gasteiger partial charge in [-0.1, -0.05) is 13.8 Å². The van der Waals surface area contributed by atoms with Crippen molar-refractivity contribution in [2.45, 2.75) is 20.0 Å². The largest absolute Gasteiger partial charge is 0.433 e. The first-order valence-corrected chi connectivity index (χ1v) is 4.66. The molecule has 0 aliphatic carbocycles. The summed E-state index contributed by atoms with van der Waals surface area (Å²) >= 11 is 0. The second-order valence-corrected chi connectivity index (χ2v) is 3.70. The Kier molecular flexibility index (Phi) is 3.55. The van der Waals surface area contributed by atoms with E-state index in [-0.39, 0.29) is 0 Å². The smallest absolute Gasteiger partial charge is 0.384 e. The number of hydrogen-bond donors (Lipinski definition) is 1. The van der Waals surface area contributed by atoms with E-state index in [0.717, 1.165) is 6.07 Å². The van der Waals surface area contributed by atoms with Crippen molar-refractivity contribution in [3.05, 3.63) is 24.0 Å². The molecule has 1 heterocycles. The number of rotatable bonds is 3. The highest BCUT2D eigenvalue weighted by atomic mass is 19.4. The fourth-order valence-electron chi connectivity index (χ4n) is 0.988. The first kappa shape index (κ1) is 11.8. The number of hydrogen-bond acceptors (Lipinski definition) is 2. The van der Waals surface area contributed by atoms with E-state index in [1.807, 2.05) is 13.8 Å². The van der Waals surface area contributed by atoms with Crippen molar-refractivity contribution < 1.29 is 13.2 Å². The molecule has 0 saturated carbocycles. The van der Waals surface area contributed by atoms with Gasteiger partial charge in [0.1, 0.15) is 5.69 Å². The SMILES string of the molecule is CC(C)CNc1ccc(C(F)(F)F)nc1. The molecule has 1 N–H and O–H groups in total. The van der Waals surface area contributed by atoms with Gasteiger partial charge in [0, 0.05) is 6.54 Å². The van der Waals surface area contributed by atoms with Gasteiger partial charge in [-0.15, -0.1) is 0 Å². The lowest BCUT2D eigenvalue weighted by atomic mass is 10.2. The van der Waals surface area contributed by atoms with Crippen LogP contribution in [0.15, 0.2) is 18.3 Å². The summed E-state index contributed by atoms with van der Waals surface area (Å²) in [5, 5.41) is 2.99. The van der Waals surface area contributed by atoms with Gasteiger partial charge in [0.15, 0.2) is 0 Å². The van der Waals surface area contributed by atoms with Crippen molar-refractivity contribution in [3.63, 3.8) is 0 Å². The maximum atomic E-state index is 12.2. The molecule has 0 aliphatic rings. The third kappa shape index (κ3) is 3.77. The molecule has 84 valence electrons. The van der Waals surface area contributed by atoms with Crippen molar-refractivity contribution in [2.75, 3.05) is 11.9 Å². The molecule has 0 bridgehead atoms. The Morgan fingerprint density at radius 3 is 2.40 bits per heavy atom. The molecule has 0 atom stereocenters. The van der Waals surface area contributed by atoms with Crippen molar-refractivity contribution >= 4 is 5.69 Å². The number of halogens is 3. The Balaban J connectivity index is 2.65. The zero-order chi connectivity index (χ0) is 11.5. The third-order valence-corrected chi connectivity index (χ3v) is 1.77. The average Bonchev–Trinajstić information content (AvgIpc) is 2.14. The highest BCUT2D eigenvalue weighted by Crippen LogP contribution is 2.27. The fraction of sp³-hybridized carbons (Fsp3) is 0.500. The van der Waals surface area contributed by atoms with Gasteiger partial charge in [0.25, 0.3) is 0 Å². The van der Waals surface area contributed by atoms with E-state index in [1.165, 1.54) is 12.3 Å². The average molecular weight is 218 g/mol. The molecular formula is C10H13F3N2. The lowest BCUT2D eigenvalue weighted by Crippen LogP contribution is -2.10. The van der Waals surface area contributed by atoms with E-state index >= 15 is 0 Å². The van der Waals surface area contributed by atoms with Crippen molar-refractivity contribution in [1.29, 1.82) is 0 Å². The van der Waals surface area contributed by atoms with Crippen molar-refractivity contribution in [1.82, 2.24) is 4.98 Å². The summed E-state index contributed by atoms with van der Waals surface area (Å²) in [6.45, 7) is 4.75. The van der Waals surface area contributed by atoms with E-state index in [4.69, 9.17) is 0 Å². The third-order valence-electron chi connectivity index (χ3n) is 1.77. The molecule has 0 fully saturated rings. The van der Waals surface area contributed by atoms with Crippen LogP contribution in [-0.4, -0.2) is 11.5 Å². The first-order valence-electron chi connectivity index (χ1n) is 4.66. The van der Waals surface area contributed by atoms with Crippen LogP contribution in [0.25, 0.3) is 0 Å². The van der Waals surface area contributed by atoms with Crippen LogP contribution in [0.3, 0.4) is 0 Å². The molecule has 0 spiro atoms. The van der Waals surface area contributed by atoms with E-state index in [9.17, 15) is 13.2 Å². The second kappa shape index (κ2) is 4.51. The normalized spacial score (nSPS) is 11.9. The maximum Gasteiger partial charge on any atom is 0.433 e. The number of alkyl halides is 3. The summed E-state index contributed by atoms with van der Waals surface area (Å²) < 4.78 is 36.5. The Hall–Kier alpha value is -1.26. The molecule has 1 aromatic rings. The summed E-state index contributed by atoms with van der Waals surface area (Å²) in [6, 6.07) is 2.36. The molecule has 15 heavy (non-hydrogen) atoms. The lowest BCUT2D eigenvalue weighted by Gasteiger charge is -2.10. The van der Waals surface area contributed by atoms with E-state index in [2.05, 4.69) is 10.3 Å². The van der Waals surface area contributed by atoms with Crippen molar-refractivity contribution in [2.24, 2.45) is 5.92 Å². The minimum absolute atomic E-state index is 0.437. The highest BCUT2D eigenvalue weighted by molar-refractivity contribution is 5.41. The van der Waals surface area contributed by atoms with Gasteiger partial charge in [0.05, 0.1) is 11.9 Å². The van der Waals surface area contributed by atoms with Crippen LogP contribution in [0.1, 0.15) is 19.5 Å². The number of aromatic nitrogens is 1. The monoisotopic (exact) mass is 218 g/mol. The quantitative estimate of drug-likeness (QED) is 0.842. The summed E-state index contributed by atoms with van der Waals surface area (Å²) in [7, 11) is 0. The highest BCUT2D eigenvalue weighted by Gasteiger charge is 2.31. The van der Waals surface area contributed by atoms with Crippen LogP contribution in [0.4, 0.5) is 18.9 Å². The van der Waals surface area contributed by atoms with Gasteiger partial charge in [-0.25, -0.2) is 4.98 Å². The lowest BCUT2D eigenvalue weighted by molar-refractivity contribution is -0.141. The van der Waals surface area contributed by atoms with Crippen LogP contribution < -0.4 is 5.32 Å². The Morgan fingerprint density at radius 1 is 1.33 bits per heavy atom. The molecule has 5 heteroatoms. The van der Waals surface area contributed by atoms with Crippen LogP contribution >= 0.6 is 0 Å². The van der Waals surface area contributed by atoms with E-state index in [1.54, 1.807) is 0 Å². The molecule has 1 rings (SSSR count). The van der Waals surface area contributed by atoms with Crippen LogP contribution in [0.5, 0.6) is 0 Å². The number of pyridine rings is 1. The standard InChI is InChI=1S/C10H13F3N2/c1-7(2)5-14-8-3-4-9(15-6-8)10(11,12)13/h3-4,6-7,14H,5H2,1-2H3. The molecule has 0 saturated heterocycles. The number of nitrogens with one attached hydrogen (secondary N) is 1. The summed E-state index contributed by atoms with van der Waals surface area (Å²) in [5.41, 5.74) is -0.255. The molecular weight excluding hydrogens is 205 g/mol. The van der Waals surface area contributed by atoms with E-state index in [0.29, 0.717) is 18.2 Å². The van der Waals surface area contributed by atoms with Crippen LogP contribution in [-0.2, 0) is 6.18 Å². The van der Waals surface area contributed by atoms with Crippen molar-refractivity contribution in [3.8, 4) is 0 Å². The maximum absolute atomic E-state index is 12.2. The minimum Gasteiger partial charge on any atom is -0.384 e. The first-order chi connectivity index (χ1) is 6.89. The molecule has 0 aliphatic heterocycles. The van der Waals surface area contributed by atoms with Gasteiger partial charge < -0.3 is 5.32 Å². The second-order valence-electron chi connectivity index (χ2n) is 3.70. The molecule has 0 unspecified atom stereocenters. The Morgan fingerprint density at radius 2 is 2.00 bits per heavy atom. The van der Waals surface area contributed by atoms with Gasteiger partial charge in [-0.05, 0) is 18.1 Å². The van der Waals surface area contributed by atoms with Gasteiger partial charge in [-0.2, -0.15) is 13.2 Å². The topological polar surface area (TPSA) is 24.9 Å². The number of nitrogens with zero attached hydrogens (tertiary/aromatic N) is 1. The van der Waals surface area contributed by atoms with Gasteiger partial charge in [-0.3, -0.25) is 0 Å².